The van der Waals surface area contributed by atoms with Gasteiger partial charge in [-0.2, -0.15) is 0 Å². The van der Waals surface area contributed by atoms with Crippen molar-refractivity contribution in [2.45, 2.75) is 45.6 Å². The highest BCUT2D eigenvalue weighted by molar-refractivity contribution is 6.01. The van der Waals surface area contributed by atoms with Crippen LogP contribution >= 0.6 is 0 Å². The second-order valence-electron chi connectivity index (χ2n) is 9.77. The van der Waals surface area contributed by atoms with Crippen LogP contribution in [0.4, 0.5) is 0 Å². The molecule has 40 heavy (non-hydrogen) atoms. The number of ether oxygens (including phenoxy) is 2. The molecule has 8 nitrogen and oxygen atoms in total. The summed E-state index contributed by atoms with van der Waals surface area (Å²) in [5.74, 6) is -1.89. The Kier molecular flexibility index (Phi) is 9.24. The maximum atomic E-state index is 13.7. The van der Waals surface area contributed by atoms with Crippen molar-refractivity contribution in [1.29, 1.82) is 0 Å². The van der Waals surface area contributed by atoms with Crippen molar-refractivity contribution in [2.24, 2.45) is 0 Å². The first kappa shape index (κ1) is 28.4. The van der Waals surface area contributed by atoms with Crippen LogP contribution in [0.2, 0.25) is 0 Å². The Hall–Kier alpha value is -4.56. The number of carbonyl (C=O) groups is 4. The molecule has 0 bridgehead atoms. The third-order valence-electron chi connectivity index (χ3n) is 6.36. The van der Waals surface area contributed by atoms with E-state index in [0.29, 0.717) is 5.57 Å². The molecule has 0 saturated carbocycles. The van der Waals surface area contributed by atoms with Crippen molar-refractivity contribution < 1.29 is 28.7 Å². The van der Waals surface area contributed by atoms with E-state index < -0.39 is 30.3 Å². The highest BCUT2D eigenvalue weighted by Crippen LogP contribution is 2.32. The number of hydrogen-bond acceptors (Lipinski definition) is 6. The zero-order valence-corrected chi connectivity index (χ0v) is 22.7. The van der Waals surface area contributed by atoms with Crippen molar-refractivity contribution in [3.05, 3.63) is 119 Å². The van der Waals surface area contributed by atoms with Crippen LogP contribution in [0, 0.1) is 0 Å². The molecule has 2 atom stereocenters. The van der Waals surface area contributed by atoms with Crippen LogP contribution in [-0.2, 0) is 35.1 Å². The smallest absolute Gasteiger partial charge is 0.356 e. The molecule has 8 heteroatoms. The Morgan fingerprint density at radius 3 is 1.85 bits per heavy atom. The molecule has 0 radical (unpaired) electrons. The summed E-state index contributed by atoms with van der Waals surface area (Å²) >= 11 is 0. The average Bonchev–Trinajstić information content (AvgIpc) is 2.95. The number of amides is 2. The van der Waals surface area contributed by atoms with E-state index >= 15 is 0 Å². The summed E-state index contributed by atoms with van der Waals surface area (Å²) in [7, 11) is 0. The molecule has 206 valence electrons. The zero-order valence-electron chi connectivity index (χ0n) is 22.7. The number of benzene rings is 3. The third-order valence-corrected chi connectivity index (χ3v) is 6.36. The van der Waals surface area contributed by atoms with E-state index in [9.17, 15) is 19.2 Å². The SMILES string of the molecule is CC(=O)COC1C(NC(=O)Cc2ccccc2)C(=O)N1C(C(=O)OC(c1ccccc1)c1ccccc1)=C(C)C. The molecule has 4 rings (SSSR count). The van der Waals surface area contributed by atoms with Crippen LogP contribution in [0.5, 0.6) is 0 Å². The summed E-state index contributed by atoms with van der Waals surface area (Å²) in [4.78, 5) is 52.7. The largest absolute Gasteiger partial charge is 0.448 e. The number of rotatable bonds is 11. The number of Topliss-reactive ketones (excluding diaryl/α,β-unsaturated/α-hetero) is 1. The molecule has 2 amide bonds. The molecule has 3 aromatic rings. The Morgan fingerprint density at radius 1 is 0.825 bits per heavy atom. The lowest BCUT2D eigenvalue weighted by Crippen LogP contribution is -2.72. The molecular weight excluding hydrogens is 508 g/mol. The Bertz CT molecular complexity index is 1350. The Labute approximate surface area is 233 Å². The van der Waals surface area contributed by atoms with Gasteiger partial charge in [0, 0.05) is 0 Å². The van der Waals surface area contributed by atoms with E-state index in [0.717, 1.165) is 16.7 Å². The number of nitrogens with zero attached hydrogens (tertiary/aromatic N) is 1. The van der Waals surface area contributed by atoms with Crippen LogP contribution in [-0.4, -0.2) is 47.3 Å². The number of hydrogen-bond donors (Lipinski definition) is 1. The monoisotopic (exact) mass is 540 g/mol. The molecule has 0 aliphatic carbocycles. The number of allylic oxidation sites excluding steroid dienone is 1. The zero-order chi connectivity index (χ0) is 28.6. The lowest BCUT2D eigenvalue weighted by molar-refractivity contribution is -0.183. The molecule has 1 saturated heterocycles. The fraction of sp³-hybridized carbons (Fsp3) is 0.250. The van der Waals surface area contributed by atoms with E-state index in [1.165, 1.54) is 11.8 Å². The summed E-state index contributed by atoms with van der Waals surface area (Å²) in [5, 5.41) is 2.70. The van der Waals surface area contributed by atoms with Crippen LogP contribution in [0.3, 0.4) is 0 Å². The van der Waals surface area contributed by atoms with Crippen LogP contribution in [0.25, 0.3) is 0 Å². The highest BCUT2D eigenvalue weighted by atomic mass is 16.5. The van der Waals surface area contributed by atoms with Gasteiger partial charge in [0.2, 0.25) is 5.91 Å². The van der Waals surface area contributed by atoms with E-state index in [1.54, 1.807) is 13.8 Å². The number of esters is 1. The topological polar surface area (TPSA) is 102 Å². The number of carbonyl (C=O) groups excluding carboxylic acids is 4. The molecule has 1 heterocycles. The maximum absolute atomic E-state index is 13.7. The minimum absolute atomic E-state index is 0.00368. The first-order valence-electron chi connectivity index (χ1n) is 13.0. The minimum atomic E-state index is -1.06. The van der Waals surface area contributed by atoms with Gasteiger partial charge in [-0.25, -0.2) is 4.79 Å². The van der Waals surface area contributed by atoms with Gasteiger partial charge in [-0.05, 0) is 43.0 Å². The number of likely N-dealkylation sites (tertiary alicyclic amines) is 1. The first-order valence-corrected chi connectivity index (χ1v) is 13.0. The third kappa shape index (κ3) is 6.71. The van der Waals surface area contributed by atoms with Crippen molar-refractivity contribution in [2.75, 3.05) is 6.61 Å². The predicted molar refractivity (Wildman–Crippen MR) is 149 cm³/mol. The summed E-state index contributed by atoms with van der Waals surface area (Å²) in [5.41, 5.74) is 2.83. The van der Waals surface area contributed by atoms with Gasteiger partial charge >= 0.3 is 5.97 Å². The van der Waals surface area contributed by atoms with E-state index in [4.69, 9.17) is 9.47 Å². The number of β-lactam (4-membered cyclic amide) rings is 1. The highest BCUT2D eigenvalue weighted by Gasteiger charge is 2.53. The summed E-state index contributed by atoms with van der Waals surface area (Å²) in [6.45, 7) is 4.44. The van der Waals surface area contributed by atoms with Crippen molar-refractivity contribution in [1.82, 2.24) is 10.2 Å². The standard InChI is InChI=1S/C32H32N2O6/c1-21(2)28(32(38)40-29(24-15-9-5-10-16-24)25-17-11-6-12-18-25)34-30(37)27(31(34)39-20-22(3)35)33-26(36)19-23-13-7-4-8-14-23/h4-18,27,29,31H,19-20H2,1-3H3,(H,33,36). The number of nitrogens with one attached hydrogen (secondary N) is 1. The summed E-state index contributed by atoms with van der Waals surface area (Å²) in [6.07, 6.45) is -1.71. The van der Waals surface area contributed by atoms with E-state index in [1.807, 2.05) is 91.0 Å². The van der Waals surface area contributed by atoms with Crippen molar-refractivity contribution in [3.63, 3.8) is 0 Å². The fourth-order valence-electron chi connectivity index (χ4n) is 4.50. The van der Waals surface area contributed by atoms with Gasteiger partial charge in [-0.3, -0.25) is 19.3 Å². The Morgan fingerprint density at radius 2 is 1.35 bits per heavy atom. The maximum Gasteiger partial charge on any atom is 0.356 e. The lowest BCUT2D eigenvalue weighted by Gasteiger charge is -2.47. The van der Waals surface area contributed by atoms with Gasteiger partial charge < -0.3 is 14.8 Å². The molecule has 1 fully saturated rings. The van der Waals surface area contributed by atoms with E-state index in [2.05, 4.69) is 5.32 Å². The average molecular weight is 541 g/mol. The molecule has 0 spiro atoms. The van der Waals surface area contributed by atoms with Gasteiger partial charge in [-0.15, -0.1) is 0 Å². The summed E-state index contributed by atoms with van der Waals surface area (Å²) in [6, 6.07) is 26.7. The number of ketones is 1. The molecule has 1 aliphatic heterocycles. The van der Waals surface area contributed by atoms with Gasteiger partial charge in [0.1, 0.15) is 12.3 Å². The second-order valence-corrected chi connectivity index (χ2v) is 9.77. The normalized spacial score (nSPS) is 16.2. The predicted octanol–water partition coefficient (Wildman–Crippen LogP) is 4.11. The quantitative estimate of drug-likeness (QED) is 0.223. The molecule has 2 unspecified atom stereocenters. The van der Waals surface area contributed by atoms with Crippen molar-refractivity contribution in [3.8, 4) is 0 Å². The fourth-order valence-corrected chi connectivity index (χ4v) is 4.50. The van der Waals surface area contributed by atoms with Gasteiger partial charge in [0.05, 0.1) is 6.42 Å². The van der Waals surface area contributed by atoms with Gasteiger partial charge in [-0.1, -0.05) is 91.0 Å². The molecule has 1 N–H and O–H groups in total. The minimum Gasteiger partial charge on any atom is -0.448 e. The summed E-state index contributed by atoms with van der Waals surface area (Å²) < 4.78 is 11.8. The second kappa shape index (κ2) is 13.0. The first-order chi connectivity index (χ1) is 19.3. The van der Waals surface area contributed by atoms with E-state index in [-0.39, 0.29) is 30.4 Å². The van der Waals surface area contributed by atoms with Crippen LogP contribution in [0.1, 0.15) is 43.6 Å². The molecule has 3 aromatic carbocycles. The lowest BCUT2D eigenvalue weighted by atomic mass is 9.99. The molecular formula is C32H32N2O6. The van der Waals surface area contributed by atoms with Gasteiger partial charge in [0.25, 0.3) is 5.91 Å². The molecule has 0 aromatic heterocycles. The van der Waals surface area contributed by atoms with Crippen LogP contribution in [0.15, 0.2) is 102 Å². The van der Waals surface area contributed by atoms with Gasteiger partial charge in [0.15, 0.2) is 24.2 Å². The Balaban J connectivity index is 1.57. The van der Waals surface area contributed by atoms with Crippen molar-refractivity contribution >= 4 is 23.6 Å². The van der Waals surface area contributed by atoms with Crippen LogP contribution < -0.4 is 5.32 Å². The molecule has 1 aliphatic rings.